The SMILES string of the molecule is CC1CC(C)CC(Oc2ccc(N)c(N)n2)C1. The number of nitrogens with zero attached hydrogens (tertiary/aromatic N) is 1. The summed E-state index contributed by atoms with van der Waals surface area (Å²) in [6.07, 6.45) is 3.73. The Labute approximate surface area is 102 Å². The van der Waals surface area contributed by atoms with Crippen molar-refractivity contribution in [2.24, 2.45) is 11.8 Å². The molecule has 0 saturated heterocycles. The predicted octanol–water partition coefficient (Wildman–Crippen LogP) is 2.45. The summed E-state index contributed by atoms with van der Waals surface area (Å²) in [5.74, 6) is 2.37. The highest BCUT2D eigenvalue weighted by atomic mass is 16.5. The molecule has 1 aromatic heterocycles. The van der Waals surface area contributed by atoms with E-state index in [2.05, 4.69) is 18.8 Å². The number of nitrogen functional groups attached to an aromatic ring is 2. The average molecular weight is 235 g/mol. The Morgan fingerprint density at radius 2 is 1.76 bits per heavy atom. The lowest BCUT2D eigenvalue weighted by atomic mass is 9.82. The molecule has 0 aliphatic heterocycles. The molecule has 2 unspecified atom stereocenters. The van der Waals surface area contributed by atoms with Crippen LogP contribution >= 0.6 is 0 Å². The molecule has 1 fully saturated rings. The number of rotatable bonds is 2. The number of hydrogen-bond acceptors (Lipinski definition) is 4. The van der Waals surface area contributed by atoms with Gasteiger partial charge in [-0.25, -0.2) is 0 Å². The summed E-state index contributed by atoms with van der Waals surface area (Å²) in [6.45, 7) is 4.55. The minimum atomic E-state index is 0.254. The Kier molecular flexibility index (Phi) is 3.41. The summed E-state index contributed by atoms with van der Waals surface area (Å²) >= 11 is 0. The number of anilines is 2. The van der Waals surface area contributed by atoms with E-state index < -0.39 is 0 Å². The van der Waals surface area contributed by atoms with Crippen molar-refractivity contribution in [3.63, 3.8) is 0 Å². The summed E-state index contributed by atoms with van der Waals surface area (Å²) in [5.41, 5.74) is 11.8. The molecule has 0 spiro atoms. The monoisotopic (exact) mass is 235 g/mol. The maximum atomic E-state index is 5.89. The van der Waals surface area contributed by atoms with E-state index in [-0.39, 0.29) is 6.10 Å². The summed E-state index contributed by atoms with van der Waals surface area (Å²) in [4.78, 5) is 4.15. The Morgan fingerprint density at radius 3 is 2.35 bits per heavy atom. The molecule has 0 amide bonds. The maximum absolute atomic E-state index is 5.89. The van der Waals surface area contributed by atoms with Gasteiger partial charge < -0.3 is 16.2 Å². The van der Waals surface area contributed by atoms with Crippen molar-refractivity contribution in [1.29, 1.82) is 0 Å². The first-order valence-corrected chi connectivity index (χ1v) is 6.23. The molecule has 1 aliphatic rings. The maximum Gasteiger partial charge on any atom is 0.215 e. The fraction of sp³-hybridized carbons (Fsp3) is 0.615. The largest absolute Gasteiger partial charge is 0.474 e. The lowest BCUT2D eigenvalue weighted by Gasteiger charge is -2.31. The number of hydrogen-bond donors (Lipinski definition) is 2. The zero-order valence-corrected chi connectivity index (χ0v) is 10.5. The standard InChI is InChI=1S/C13H21N3O/c1-8-5-9(2)7-10(6-8)17-12-4-3-11(14)13(15)16-12/h3-4,8-10H,5-7,14H2,1-2H3,(H2,15,16). The van der Waals surface area contributed by atoms with Gasteiger partial charge in [0.1, 0.15) is 6.10 Å². The molecule has 1 heterocycles. The molecule has 4 nitrogen and oxygen atoms in total. The Bertz CT molecular complexity index is 384. The number of ether oxygens (including phenoxy) is 1. The summed E-state index contributed by atoms with van der Waals surface area (Å²) in [5, 5.41) is 0. The fourth-order valence-electron chi connectivity index (χ4n) is 2.67. The second kappa shape index (κ2) is 4.82. The van der Waals surface area contributed by atoms with Gasteiger partial charge in [-0.05, 0) is 37.2 Å². The van der Waals surface area contributed by atoms with Crippen LogP contribution in [0.2, 0.25) is 0 Å². The minimum absolute atomic E-state index is 0.254. The first kappa shape index (κ1) is 12.0. The minimum Gasteiger partial charge on any atom is -0.474 e. The van der Waals surface area contributed by atoms with Gasteiger partial charge in [0, 0.05) is 6.07 Å². The summed E-state index contributed by atoms with van der Waals surface area (Å²) in [7, 11) is 0. The van der Waals surface area contributed by atoms with Crippen molar-refractivity contribution in [1.82, 2.24) is 4.98 Å². The molecule has 94 valence electrons. The molecule has 1 aliphatic carbocycles. The summed E-state index contributed by atoms with van der Waals surface area (Å²) < 4.78 is 5.89. The molecule has 17 heavy (non-hydrogen) atoms. The average Bonchev–Trinajstić information content (AvgIpc) is 2.22. The number of pyridine rings is 1. The number of aromatic nitrogens is 1. The predicted molar refractivity (Wildman–Crippen MR) is 69.7 cm³/mol. The van der Waals surface area contributed by atoms with E-state index in [4.69, 9.17) is 16.2 Å². The topological polar surface area (TPSA) is 74.2 Å². The van der Waals surface area contributed by atoms with Gasteiger partial charge in [0.25, 0.3) is 0 Å². The molecule has 4 N–H and O–H groups in total. The van der Waals surface area contributed by atoms with Crippen molar-refractivity contribution in [3.8, 4) is 5.88 Å². The van der Waals surface area contributed by atoms with Crippen LogP contribution in [0.15, 0.2) is 12.1 Å². The molecule has 2 atom stereocenters. The van der Waals surface area contributed by atoms with Crippen LogP contribution in [0.25, 0.3) is 0 Å². The van der Waals surface area contributed by atoms with Crippen LogP contribution in [0.1, 0.15) is 33.1 Å². The van der Waals surface area contributed by atoms with Crippen molar-refractivity contribution in [3.05, 3.63) is 12.1 Å². The third kappa shape index (κ3) is 3.02. The zero-order valence-electron chi connectivity index (χ0n) is 10.5. The molecule has 0 bridgehead atoms. The van der Waals surface area contributed by atoms with Gasteiger partial charge in [-0.1, -0.05) is 13.8 Å². The Morgan fingerprint density at radius 1 is 1.12 bits per heavy atom. The normalized spacial score (nSPS) is 28.9. The van der Waals surface area contributed by atoms with Crippen LogP contribution in [-0.4, -0.2) is 11.1 Å². The van der Waals surface area contributed by atoms with E-state index in [0.717, 1.165) is 24.7 Å². The van der Waals surface area contributed by atoms with Gasteiger partial charge in [-0.3, -0.25) is 0 Å². The lowest BCUT2D eigenvalue weighted by molar-refractivity contribution is 0.0969. The van der Waals surface area contributed by atoms with Crippen molar-refractivity contribution in [2.75, 3.05) is 11.5 Å². The fourth-order valence-corrected chi connectivity index (χ4v) is 2.67. The number of nitrogens with two attached hydrogens (primary N) is 2. The second-order valence-electron chi connectivity index (χ2n) is 5.28. The van der Waals surface area contributed by atoms with Gasteiger partial charge in [0.2, 0.25) is 5.88 Å². The molecule has 0 radical (unpaired) electrons. The Balaban J connectivity index is 2.02. The van der Waals surface area contributed by atoms with Crippen LogP contribution < -0.4 is 16.2 Å². The summed E-state index contributed by atoms with van der Waals surface area (Å²) in [6, 6.07) is 3.53. The zero-order chi connectivity index (χ0) is 12.4. The molecular weight excluding hydrogens is 214 g/mol. The Hall–Kier alpha value is -1.45. The van der Waals surface area contributed by atoms with Crippen LogP contribution in [0, 0.1) is 11.8 Å². The molecular formula is C13H21N3O. The van der Waals surface area contributed by atoms with Gasteiger partial charge >= 0.3 is 0 Å². The van der Waals surface area contributed by atoms with Gasteiger partial charge in [0.15, 0.2) is 5.82 Å². The molecule has 0 aromatic carbocycles. The van der Waals surface area contributed by atoms with Crippen LogP contribution in [0.5, 0.6) is 5.88 Å². The van der Waals surface area contributed by atoms with Crippen LogP contribution in [0.3, 0.4) is 0 Å². The lowest BCUT2D eigenvalue weighted by Crippen LogP contribution is -2.28. The van der Waals surface area contributed by atoms with Gasteiger partial charge in [0.05, 0.1) is 5.69 Å². The molecule has 1 saturated carbocycles. The third-order valence-corrected chi connectivity index (χ3v) is 3.35. The van der Waals surface area contributed by atoms with Crippen LogP contribution in [-0.2, 0) is 0 Å². The van der Waals surface area contributed by atoms with E-state index in [1.807, 2.05) is 0 Å². The van der Waals surface area contributed by atoms with E-state index >= 15 is 0 Å². The molecule has 1 aromatic rings. The molecule has 4 heteroatoms. The van der Waals surface area contributed by atoms with E-state index in [1.54, 1.807) is 12.1 Å². The molecule has 2 rings (SSSR count). The first-order chi connectivity index (χ1) is 8.04. The van der Waals surface area contributed by atoms with Crippen LogP contribution in [0.4, 0.5) is 11.5 Å². The second-order valence-corrected chi connectivity index (χ2v) is 5.28. The highest BCUT2D eigenvalue weighted by Gasteiger charge is 2.25. The van der Waals surface area contributed by atoms with Crippen molar-refractivity contribution < 1.29 is 4.74 Å². The quantitative estimate of drug-likeness (QED) is 0.825. The highest BCUT2D eigenvalue weighted by molar-refractivity contribution is 5.58. The van der Waals surface area contributed by atoms with Crippen molar-refractivity contribution >= 4 is 11.5 Å². The van der Waals surface area contributed by atoms with Crippen molar-refractivity contribution in [2.45, 2.75) is 39.2 Å². The third-order valence-electron chi connectivity index (χ3n) is 3.35. The smallest absolute Gasteiger partial charge is 0.215 e. The van der Waals surface area contributed by atoms with E-state index in [0.29, 0.717) is 17.4 Å². The van der Waals surface area contributed by atoms with Gasteiger partial charge in [-0.2, -0.15) is 4.98 Å². The van der Waals surface area contributed by atoms with E-state index in [1.165, 1.54) is 6.42 Å². The first-order valence-electron chi connectivity index (χ1n) is 6.23. The van der Waals surface area contributed by atoms with Gasteiger partial charge in [-0.15, -0.1) is 0 Å². The van der Waals surface area contributed by atoms with E-state index in [9.17, 15) is 0 Å². The highest BCUT2D eigenvalue weighted by Crippen LogP contribution is 2.31.